The monoisotopic (exact) mass is 392 g/mol. The minimum atomic E-state index is -1.27. The Kier molecular flexibility index (Phi) is 4.22. The van der Waals surface area contributed by atoms with Crippen molar-refractivity contribution in [1.82, 2.24) is 0 Å². The fraction of sp³-hybridized carbons (Fsp3) is 0.818. The summed E-state index contributed by atoms with van der Waals surface area (Å²) in [6.07, 6.45) is -1.42. The van der Waals surface area contributed by atoms with Gasteiger partial charge in [-0.15, -0.1) is 0 Å². The van der Waals surface area contributed by atoms with E-state index in [1.807, 2.05) is 20.8 Å². The second kappa shape index (κ2) is 5.89. The molecule has 0 aliphatic heterocycles. The van der Waals surface area contributed by atoms with E-state index in [0.29, 0.717) is 31.3 Å². The van der Waals surface area contributed by atoms with Crippen LogP contribution in [-0.4, -0.2) is 51.5 Å². The van der Waals surface area contributed by atoms with E-state index < -0.39 is 46.4 Å². The van der Waals surface area contributed by atoms with Crippen LogP contribution in [0.25, 0.3) is 0 Å². The molecule has 0 aromatic rings. The molecule has 4 aliphatic carbocycles. The van der Waals surface area contributed by atoms with Crippen LogP contribution in [0.4, 0.5) is 0 Å². The number of hydrogen-bond donors (Lipinski definition) is 3. The summed E-state index contributed by atoms with van der Waals surface area (Å²) in [5, 5.41) is 33.7. The van der Waals surface area contributed by atoms with Gasteiger partial charge in [-0.25, -0.2) is 0 Å². The molecule has 4 aliphatic rings. The number of carbonyl (C=O) groups excluding carboxylic acids is 2. The zero-order chi connectivity index (χ0) is 20.8. The van der Waals surface area contributed by atoms with Crippen LogP contribution in [0, 0.1) is 34.0 Å². The molecule has 3 N–H and O–H groups in total. The van der Waals surface area contributed by atoms with Gasteiger partial charge in [0.15, 0.2) is 5.78 Å². The van der Waals surface area contributed by atoms with Crippen LogP contribution in [0.15, 0.2) is 12.2 Å². The summed E-state index contributed by atoms with van der Waals surface area (Å²) in [5.41, 5.74) is -1.88. The zero-order valence-corrected chi connectivity index (χ0v) is 17.1. The highest BCUT2D eigenvalue weighted by Crippen LogP contribution is 2.71. The molecule has 4 fully saturated rings. The first-order valence-corrected chi connectivity index (χ1v) is 10.3. The number of hydrogen-bond acceptors (Lipinski definition) is 6. The third-order valence-electron chi connectivity index (χ3n) is 8.76. The number of rotatable bonds is 1. The van der Waals surface area contributed by atoms with Gasteiger partial charge >= 0.3 is 5.97 Å². The highest BCUT2D eigenvalue weighted by atomic mass is 16.5. The number of esters is 1. The number of fused-ring (bicyclic) bond motifs is 3. The number of carbonyl (C=O) groups is 2. The molecule has 0 unspecified atom stereocenters. The van der Waals surface area contributed by atoms with E-state index in [9.17, 15) is 24.9 Å². The number of ether oxygens (including phenoxy) is 1. The normalized spacial score (nSPS) is 52.0. The molecule has 4 rings (SSSR count). The topological polar surface area (TPSA) is 104 Å². The first-order chi connectivity index (χ1) is 12.9. The van der Waals surface area contributed by atoms with Gasteiger partial charge in [0.05, 0.1) is 23.7 Å². The largest absolute Gasteiger partial charge is 0.462 e. The lowest BCUT2D eigenvalue weighted by molar-refractivity contribution is -0.279. The van der Waals surface area contributed by atoms with Gasteiger partial charge in [-0.2, -0.15) is 0 Å². The Morgan fingerprint density at radius 2 is 1.82 bits per heavy atom. The predicted octanol–water partition coefficient (Wildman–Crippen LogP) is 1.61. The molecule has 156 valence electrons. The molecule has 6 heteroatoms. The van der Waals surface area contributed by atoms with E-state index in [0.717, 1.165) is 0 Å². The molecule has 0 amide bonds. The minimum Gasteiger partial charge on any atom is -0.462 e. The van der Waals surface area contributed by atoms with E-state index in [4.69, 9.17) is 4.74 Å². The summed E-state index contributed by atoms with van der Waals surface area (Å²) in [5.74, 6) is -1.57. The van der Waals surface area contributed by atoms with E-state index in [1.165, 1.54) is 6.92 Å². The second-order valence-corrected chi connectivity index (χ2v) is 10.5. The Morgan fingerprint density at radius 1 is 1.18 bits per heavy atom. The number of aliphatic hydroxyl groups is 3. The number of ketones is 1. The molecule has 0 aromatic carbocycles. The number of Topliss-reactive ketones (excluding diaryl/α,β-unsaturated/α-hetero) is 1. The molecule has 0 heterocycles. The van der Waals surface area contributed by atoms with Gasteiger partial charge < -0.3 is 20.1 Å². The van der Waals surface area contributed by atoms with E-state index in [2.05, 4.69) is 6.58 Å². The molecule has 4 saturated carbocycles. The molecule has 6 nitrogen and oxygen atoms in total. The SMILES string of the molecule is C=C1C(=O)[C@]23C[C@H]1C[C@H](O)[C@H]2[C@]1(C)CC[C@H](OC(C)=O)C(C)(C)[C@H]1[C@@H](O)[C@@H]3O. The molecule has 9 atom stereocenters. The molecule has 2 bridgehead atoms. The first kappa shape index (κ1) is 20.0. The summed E-state index contributed by atoms with van der Waals surface area (Å²) in [6, 6.07) is 0. The van der Waals surface area contributed by atoms with Gasteiger partial charge in [0.25, 0.3) is 0 Å². The van der Waals surface area contributed by atoms with Crippen molar-refractivity contribution in [2.75, 3.05) is 0 Å². The van der Waals surface area contributed by atoms with Crippen molar-refractivity contribution in [3.63, 3.8) is 0 Å². The third-order valence-corrected chi connectivity index (χ3v) is 8.76. The molecule has 28 heavy (non-hydrogen) atoms. The Labute approximate surface area is 166 Å². The van der Waals surface area contributed by atoms with Crippen molar-refractivity contribution >= 4 is 11.8 Å². The minimum absolute atomic E-state index is 0.133. The van der Waals surface area contributed by atoms with Gasteiger partial charge in [-0.05, 0) is 42.6 Å². The van der Waals surface area contributed by atoms with Crippen molar-refractivity contribution in [3.05, 3.63) is 12.2 Å². The predicted molar refractivity (Wildman–Crippen MR) is 101 cm³/mol. The molecular formula is C22H32O6. The lowest BCUT2D eigenvalue weighted by Gasteiger charge is -2.67. The van der Waals surface area contributed by atoms with Gasteiger partial charge in [-0.3, -0.25) is 9.59 Å². The van der Waals surface area contributed by atoms with E-state index in [1.54, 1.807) is 0 Å². The summed E-state index contributed by atoms with van der Waals surface area (Å²) in [7, 11) is 0. The van der Waals surface area contributed by atoms with Crippen molar-refractivity contribution in [2.24, 2.45) is 34.0 Å². The van der Waals surface area contributed by atoms with Crippen LogP contribution in [0.1, 0.15) is 53.4 Å². The van der Waals surface area contributed by atoms with Gasteiger partial charge in [0.1, 0.15) is 6.10 Å². The smallest absolute Gasteiger partial charge is 0.302 e. The average Bonchev–Trinajstić information content (AvgIpc) is 2.77. The summed E-state index contributed by atoms with van der Waals surface area (Å²) in [4.78, 5) is 24.9. The van der Waals surface area contributed by atoms with Crippen LogP contribution in [0.3, 0.4) is 0 Å². The average molecular weight is 392 g/mol. The van der Waals surface area contributed by atoms with Crippen LogP contribution in [0.5, 0.6) is 0 Å². The first-order valence-electron chi connectivity index (χ1n) is 10.3. The fourth-order valence-corrected chi connectivity index (χ4v) is 7.94. The third kappa shape index (κ3) is 2.20. The van der Waals surface area contributed by atoms with Crippen molar-refractivity contribution in [1.29, 1.82) is 0 Å². The summed E-state index contributed by atoms with van der Waals surface area (Å²) in [6.45, 7) is 11.2. The number of aliphatic hydroxyl groups excluding tert-OH is 3. The fourth-order valence-electron chi connectivity index (χ4n) is 7.94. The lowest BCUT2D eigenvalue weighted by atomic mass is 9.38. The van der Waals surface area contributed by atoms with Crippen molar-refractivity contribution < 1.29 is 29.6 Å². The van der Waals surface area contributed by atoms with Gasteiger partial charge in [0, 0.05) is 24.2 Å². The number of allylic oxidation sites excluding steroid dienone is 1. The van der Waals surface area contributed by atoms with Crippen LogP contribution >= 0.6 is 0 Å². The Morgan fingerprint density at radius 3 is 2.43 bits per heavy atom. The summed E-state index contributed by atoms with van der Waals surface area (Å²) < 4.78 is 5.57. The zero-order valence-electron chi connectivity index (χ0n) is 17.1. The quantitative estimate of drug-likeness (QED) is 0.463. The van der Waals surface area contributed by atoms with Crippen molar-refractivity contribution in [3.8, 4) is 0 Å². The van der Waals surface area contributed by atoms with Crippen LogP contribution in [-0.2, 0) is 14.3 Å². The van der Waals surface area contributed by atoms with Crippen molar-refractivity contribution in [2.45, 2.75) is 77.8 Å². The van der Waals surface area contributed by atoms with Gasteiger partial charge in [0.2, 0.25) is 0 Å². The molecule has 0 saturated heterocycles. The van der Waals surface area contributed by atoms with E-state index >= 15 is 0 Å². The van der Waals surface area contributed by atoms with Crippen LogP contribution < -0.4 is 0 Å². The maximum absolute atomic E-state index is 13.3. The second-order valence-electron chi connectivity index (χ2n) is 10.5. The standard InChI is InChI=1S/C22H32O6/c1-10-12-8-13(24)16-21(5)7-6-14(28-11(2)23)20(3,4)17(21)15(25)19(27)22(16,9-12)18(10)26/h12-17,19,24-25,27H,1,6-9H2,2-5H3/t12-,13+,14+,15-,16+,17-,19+,21+,22+/m1/s1. The van der Waals surface area contributed by atoms with E-state index in [-0.39, 0.29) is 23.8 Å². The molecule has 0 aromatic heterocycles. The molecular weight excluding hydrogens is 360 g/mol. The van der Waals surface area contributed by atoms with Gasteiger partial charge in [-0.1, -0.05) is 27.4 Å². The Balaban J connectivity index is 1.85. The summed E-state index contributed by atoms with van der Waals surface area (Å²) >= 11 is 0. The lowest BCUT2D eigenvalue weighted by Crippen LogP contribution is -2.73. The van der Waals surface area contributed by atoms with Crippen LogP contribution in [0.2, 0.25) is 0 Å². The molecule has 0 radical (unpaired) electrons. The Bertz CT molecular complexity index is 743. The Hall–Kier alpha value is -1.24. The highest BCUT2D eigenvalue weighted by Gasteiger charge is 2.75. The highest BCUT2D eigenvalue weighted by molar-refractivity contribution is 6.03. The maximum atomic E-state index is 13.3. The maximum Gasteiger partial charge on any atom is 0.302 e. The molecule has 1 spiro atoms.